The quantitative estimate of drug-likeness (QED) is 0.0324. The highest BCUT2D eigenvalue weighted by Gasteiger charge is 2.37. The maximum Gasteiger partial charge on any atom is -0.00172 e. The summed E-state index contributed by atoms with van der Waals surface area (Å²) in [7, 11) is 0. The lowest BCUT2D eigenvalue weighted by molar-refractivity contribution is 0.241. The smallest absolute Gasteiger partial charge is 0.00172 e. The first-order valence-corrected chi connectivity index (χ1v) is 31.8. The summed E-state index contributed by atoms with van der Waals surface area (Å²) in [5, 5.41) is 0. The Balaban J connectivity index is 0.000000681. The van der Waals surface area contributed by atoms with Crippen LogP contribution < -0.4 is 0 Å². The van der Waals surface area contributed by atoms with Gasteiger partial charge in [0.15, 0.2) is 0 Å². The van der Waals surface area contributed by atoms with Crippen LogP contribution in [0.3, 0.4) is 0 Å². The van der Waals surface area contributed by atoms with Crippen molar-refractivity contribution in [2.75, 3.05) is 0 Å². The summed E-state index contributed by atoms with van der Waals surface area (Å²) in [4.78, 5) is 0. The molecule has 0 nitrogen and oxygen atoms in total. The number of hydrogen-bond donors (Lipinski definition) is 0. The van der Waals surface area contributed by atoms with Crippen LogP contribution in [0.15, 0.2) is 58.7 Å². The molecule has 0 heteroatoms. The molecular formula is C68H126. The van der Waals surface area contributed by atoms with Gasteiger partial charge < -0.3 is 0 Å². The van der Waals surface area contributed by atoms with Gasteiger partial charge in [-0.3, -0.25) is 0 Å². The van der Waals surface area contributed by atoms with Gasteiger partial charge in [-0.2, -0.15) is 0 Å². The molecule has 0 fully saturated rings. The number of unbranched alkanes of at least 4 members (excludes halogenated alkanes) is 27. The highest BCUT2D eigenvalue weighted by molar-refractivity contribution is 5.42. The van der Waals surface area contributed by atoms with Crippen molar-refractivity contribution in [3.63, 3.8) is 0 Å². The molecule has 398 valence electrons. The van der Waals surface area contributed by atoms with Crippen molar-refractivity contribution in [2.24, 2.45) is 29.6 Å². The van der Waals surface area contributed by atoms with Gasteiger partial charge in [-0.15, -0.1) is 0 Å². The van der Waals surface area contributed by atoms with Gasteiger partial charge in [-0.1, -0.05) is 296 Å². The fourth-order valence-corrected chi connectivity index (χ4v) is 12.2. The van der Waals surface area contributed by atoms with Crippen LogP contribution >= 0.6 is 0 Å². The summed E-state index contributed by atoms with van der Waals surface area (Å²) in [5.74, 6) is 4.26. The van der Waals surface area contributed by atoms with E-state index in [-0.39, 0.29) is 0 Å². The van der Waals surface area contributed by atoms with Gasteiger partial charge in [-0.05, 0) is 137 Å². The van der Waals surface area contributed by atoms with Crippen LogP contribution in [-0.2, 0) is 0 Å². The number of hydrogen-bond acceptors (Lipinski definition) is 0. The van der Waals surface area contributed by atoms with Crippen molar-refractivity contribution in [1.29, 1.82) is 0 Å². The molecule has 5 unspecified atom stereocenters. The molecule has 0 aromatic carbocycles. The Morgan fingerprint density at radius 1 is 0.412 bits per heavy atom. The Morgan fingerprint density at radius 3 is 1.34 bits per heavy atom. The zero-order valence-electron chi connectivity index (χ0n) is 48.5. The van der Waals surface area contributed by atoms with Crippen LogP contribution in [0.2, 0.25) is 0 Å². The van der Waals surface area contributed by atoms with Crippen molar-refractivity contribution in [3.8, 4) is 0 Å². The molecule has 68 heavy (non-hydrogen) atoms. The Morgan fingerprint density at radius 2 is 0.794 bits per heavy atom. The first-order chi connectivity index (χ1) is 33.4. The number of allylic oxidation sites excluding steroid dienone is 9. The van der Waals surface area contributed by atoms with Gasteiger partial charge in [0.05, 0.1) is 0 Å². The molecule has 0 heterocycles. The predicted octanol–water partition coefficient (Wildman–Crippen LogP) is 24.7. The monoisotopic (exact) mass is 943 g/mol. The topological polar surface area (TPSA) is 0 Å². The van der Waals surface area contributed by atoms with Crippen LogP contribution in [0.5, 0.6) is 0 Å². The molecule has 0 aliphatic heterocycles. The summed E-state index contributed by atoms with van der Waals surface area (Å²) in [6.45, 7) is 25.5. The zero-order chi connectivity index (χ0) is 49.7. The molecule has 0 saturated heterocycles. The van der Waals surface area contributed by atoms with Crippen LogP contribution in [0.1, 0.15) is 345 Å². The van der Waals surface area contributed by atoms with E-state index in [0.29, 0.717) is 0 Å². The van der Waals surface area contributed by atoms with Crippen molar-refractivity contribution < 1.29 is 0 Å². The summed E-state index contributed by atoms with van der Waals surface area (Å²) < 4.78 is 0. The van der Waals surface area contributed by atoms with E-state index in [1.54, 1.807) is 22.3 Å². The maximum atomic E-state index is 4.33. The van der Waals surface area contributed by atoms with Gasteiger partial charge >= 0.3 is 0 Å². The molecule has 2 rings (SSSR count). The molecule has 0 saturated carbocycles. The Bertz CT molecular complexity index is 1250. The third-order valence-electron chi connectivity index (χ3n) is 16.6. The van der Waals surface area contributed by atoms with Gasteiger partial charge in [0.2, 0.25) is 0 Å². The third kappa shape index (κ3) is 30.6. The maximum absolute atomic E-state index is 4.33. The lowest BCUT2D eigenvalue weighted by Crippen LogP contribution is -2.31. The fourth-order valence-electron chi connectivity index (χ4n) is 12.2. The zero-order valence-corrected chi connectivity index (χ0v) is 48.5. The van der Waals surface area contributed by atoms with Gasteiger partial charge in [0.1, 0.15) is 0 Å². The Labute approximate surface area is 431 Å². The standard InChI is InChI=1S/C35H66.C33H60/c1-7-12-16-20-23-27-31-35(33(11-5)29-25-19-15-10-4)34(30-26-22-18-14-9-3)32(6)28-24-21-17-13-8-2;1-5-9-13-15-19-23-32-28(20-18-14-10-6-2)24-25-31-26-29(21-16-11-7-3)30(27-33(31)32)22-17-12-8-4/h11H,5,7-10,12-31H2,1-4,6H3;24-25,27-32H,5-23,26H2,1-4H3/b34-32+,35-33+;. The van der Waals surface area contributed by atoms with E-state index in [9.17, 15) is 0 Å². The predicted molar refractivity (Wildman–Crippen MR) is 313 cm³/mol. The Kier molecular flexibility index (Phi) is 44.5. The largest absolute Gasteiger partial charge is 0.0988 e. The van der Waals surface area contributed by atoms with E-state index in [2.05, 4.69) is 93.2 Å². The lowest BCUT2D eigenvalue weighted by Gasteiger charge is -2.42. The first kappa shape index (κ1) is 64.7. The van der Waals surface area contributed by atoms with Gasteiger partial charge in [-0.25, -0.2) is 0 Å². The highest BCUT2D eigenvalue weighted by atomic mass is 14.4. The van der Waals surface area contributed by atoms with Crippen molar-refractivity contribution in [2.45, 2.75) is 345 Å². The minimum absolute atomic E-state index is 0.770. The van der Waals surface area contributed by atoms with Crippen molar-refractivity contribution >= 4 is 0 Å². The average Bonchev–Trinajstić information content (AvgIpc) is 3.35. The van der Waals surface area contributed by atoms with E-state index in [1.807, 2.05) is 5.57 Å². The molecule has 0 bridgehead atoms. The minimum atomic E-state index is 0.770. The van der Waals surface area contributed by atoms with Crippen molar-refractivity contribution in [3.05, 3.63) is 58.7 Å². The number of fused-ring (bicyclic) bond motifs is 1. The third-order valence-corrected chi connectivity index (χ3v) is 16.6. The molecule has 2 aliphatic carbocycles. The van der Waals surface area contributed by atoms with E-state index >= 15 is 0 Å². The minimum Gasteiger partial charge on any atom is -0.0988 e. The normalized spacial score (nSPS) is 19.8. The molecule has 0 spiro atoms. The van der Waals surface area contributed by atoms with Crippen LogP contribution in [0.4, 0.5) is 0 Å². The SMILES string of the molecule is C=C/C(CCCCCC)=C(CCCCCCCC)\C(CCCCCCC)=C(/C)CCCCCCC.CCCCCCCC1C2=CC(CCCCC)C(CCCCC)CC2C=CC1CCCCCC. The second-order valence-corrected chi connectivity index (χ2v) is 22.8. The van der Waals surface area contributed by atoms with Crippen LogP contribution in [0.25, 0.3) is 0 Å². The molecule has 0 N–H and O–H groups in total. The highest BCUT2D eigenvalue weighted by Crippen LogP contribution is 2.48. The fraction of sp³-hybridized carbons (Fsp3) is 0.853. The lowest BCUT2D eigenvalue weighted by atomic mass is 9.62. The van der Waals surface area contributed by atoms with E-state index in [0.717, 1.165) is 29.6 Å². The second kappa shape index (κ2) is 46.8. The molecular weight excluding hydrogens is 817 g/mol. The van der Waals surface area contributed by atoms with E-state index in [1.165, 1.54) is 283 Å². The van der Waals surface area contributed by atoms with Crippen molar-refractivity contribution in [1.82, 2.24) is 0 Å². The van der Waals surface area contributed by atoms with E-state index < -0.39 is 0 Å². The van der Waals surface area contributed by atoms with Gasteiger partial charge in [0, 0.05) is 0 Å². The molecule has 2 aliphatic rings. The molecule has 0 aromatic heterocycles. The van der Waals surface area contributed by atoms with E-state index in [4.69, 9.17) is 0 Å². The van der Waals surface area contributed by atoms with Gasteiger partial charge in [0.25, 0.3) is 0 Å². The molecule has 0 radical (unpaired) electrons. The first-order valence-electron chi connectivity index (χ1n) is 31.8. The summed E-state index contributed by atoms with van der Waals surface area (Å²) in [5.41, 5.74) is 8.65. The summed E-state index contributed by atoms with van der Waals surface area (Å²) >= 11 is 0. The Hall–Kier alpha value is -1.30. The molecule has 5 atom stereocenters. The average molecular weight is 944 g/mol. The second-order valence-electron chi connectivity index (χ2n) is 22.8. The number of rotatable bonds is 45. The van der Waals surface area contributed by atoms with Crippen LogP contribution in [0, 0.1) is 29.6 Å². The van der Waals surface area contributed by atoms with Crippen LogP contribution in [-0.4, -0.2) is 0 Å². The summed E-state index contributed by atoms with van der Waals surface area (Å²) in [6, 6.07) is 0. The molecule has 0 amide bonds. The summed E-state index contributed by atoms with van der Waals surface area (Å²) in [6.07, 6.45) is 71.6. The molecule has 0 aromatic rings.